The average Bonchev–Trinajstić information content (AvgIpc) is 3.47. The van der Waals surface area contributed by atoms with Crippen molar-refractivity contribution in [3.05, 3.63) is 35.9 Å². The number of rotatable bonds is 4. The van der Waals surface area contributed by atoms with Gasteiger partial charge < -0.3 is 19.3 Å². The Bertz CT molecular complexity index is 734. The van der Waals surface area contributed by atoms with E-state index in [-0.39, 0.29) is 29.9 Å². The monoisotopic (exact) mass is 384 g/mol. The second-order valence-electron chi connectivity index (χ2n) is 8.93. The number of benzene rings is 1. The van der Waals surface area contributed by atoms with Crippen LogP contribution in [0.4, 0.5) is 9.59 Å². The first kappa shape index (κ1) is 17.8. The Hall–Kier alpha value is -2.24. The summed E-state index contributed by atoms with van der Waals surface area (Å²) in [7, 11) is 0. The number of hydrogen-bond acceptors (Lipinski definition) is 4. The minimum absolute atomic E-state index is 0.116. The van der Waals surface area contributed by atoms with Gasteiger partial charge in [-0.15, -0.1) is 0 Å². The summed E-state index contributed by atoms with van der Waals surface area (Å²) in [5, 5.41) is 0. The first-order valence-electron chi connectivity index (χ1n) is 10.6. The highest BCUT2D eigenvalue weighted by Gasteiger charge is 2.54. The fourth-order valence-corrected chi connectivity index (χ4v) is 5.19. The lowest BCUT2D eigenvalue weighted by Gasteiger charge is -2.48. The minimum Gasteiger partial charge on any atom is -0.445 e. The second-order valence-corrected chi connectivity index (χ2v) is 8.93. The number of hydrogen-bond donors (Lipinski definition) is 0. The molecule has 1 aromatic rings. The number of nitrogens with zero attached hydrogens (tertiary/aromatic N) is 2. The van der Waals surface area contributed by atoms with Gasteiger partial charge in [-0.05, 0) is 37.2 Å². The van der Waals surface area contributed by atoms with Gasteiger partial charge in [-0.2, -0.15) is 0 Å². The molecule has 3 saturated heterocycles. The van der Waals surface area contributed by atoms with Crippen LogP contribution in [0.2, 0.25) is 0 Å². The molecule has 1 aliphatic carbocycles. The van der Waals surface area contributed by atoms with E-state index in [0.29, 0.717) is 12.5 Å². The van der Waals surface area contributed by atoms with E-state index in [9.17, 15) is 9.59 Å². The molecule has 0 radical (unpaired) electrons. The van der Waals surface area contributed by atoms with Crippen molar-refractivity contribution in [1.82, 2.24) is 9.80 Å². The van der Waals surface area contributed by atoms with E-state index in [2.05, 4.69) is 0 Å². The smallest absolute Gasteiger partial charge is 0.410 e. The molecule has 5 rings (SSSR count). The Balaban J connectivity index is 1.20. The fraction of sp³-hybridized carbons (Fsp3) is 0.636. The van der Waals surface area contributed by atoms with Crippen LogP contribution >= 0.6 is 0 Å². The fourth-order valence-electron chi connectivity index (χ4n) is 5.19. The van der Waals surface area contributed by atoms with Gasteiger partial charge >= 0.3 is 12.2 Å². The summed E-state index contributed by atoms with van der Waals surface area (Å²) in [4.78, 5) is 29.1. The molecule has 1 aromatic carbocycles. The molecule has 3 aliphatic heterocycles. The normalized spacial score (nSPS) is 31.8. The molecule has 3 heterocycles. The van der Waals surface area contributed by atoms with Crippen LogP contribution in [0.25, 0.3) is 0 Å². The second kappa shape index (κ2) is 6.98. The quantitative estimate of drug-likeness (QED) is 0.789. The van der Waals surface area contributed by atoms with Crippen LogP contribution in [0.5, 0.6) is 0 Å². The van der Waals surface area contributed by atoms with E-state index in [4.69, 9.17) is 9.47 Å². The van der Waals surface area contributed by atoms with Gasteiger partial charge in [0.25, 0.3) is 0 Å². The molecule has 2 amide bonds. The zero-order chi connectivity index (χ0) is 19.1. The van der Waals surface area contributed by atoms with Crippen molar-refractivity contribution >= 4 is 12.2 Å². The molecule has 4 aliphatic rings. The van der Waals surface area contributed by atoms with Crippen LogP contribution in [0, 0.1) is 5.92 Å². The maximum absolute atomic E-state index is 12.7. The molecule has 6 heteroatoms. The number of piperidine rings is 1. The van der Waals surface area contributed by atoms with Gasteiger partial charge in [0, 0.05) is 44.4 Å². The summed E-state index contributed by atoms with van der Waals surface area (Å²) >= 11 is 0. The van der Waals surface area contributed by atoms with E-state index in [1.165, 1.54) is 12.8 Å². The zero-order valence-corrected chi connectivity index (χ0v) is 16.2. The van der Waals surface area contributed by atoms with E-state index in [1.807, 2.05) is 40.1 Å². The topological polar surface area (TPSA) is 59.1 Å². The van der Waals surface area contributed by atoms with Crippen LogP contribution in [-0.4, -0.2) is 52.8 Å². The van der Waals surface area contributed by atoms with Crippen molar-refractivity contribution in [3.63, 3.8) is 0 Å². The van der Waals surface area contributed by atoms with Gasteiger partial charge in [-0.25, -0.2) is 9.59 Å². The molecule has 1 unspecified atom stereocenters. The Kier molecular flexibility index (Phi) is 4.44. The van der Waals surface area contributed by atoms with Crippen molar-refractivity contribution in [2.45, 2.75) is 69.2 Å². The van der Waals surface area contributed by atoms with Crippen LogP contribution < -0.4 is 0 Å². The largest absolute Gasteiger partial charge is 0.445 e. The van der Waals surface area contributed by atoms with Gasteiger partial charge in [0.1, 0.15) is 12.2 Å². The highest BCUT2D eigenvalue weighted by Crippen LogP contribution is 2.46. The van der Waals surface area contributed by atoms with E-state index >= 15 is 0 Å². The first-order chi connectivity index (χ1) is 13.6. The molecule has 0 aromatic heterocycles. The van der Waals surface area contributed by atoms with Crippen molar-refractivity contribution in [3.8, 4) is 0 Å². The van der Waals surface area contributed by atoms with Crippen molar-refractivity contribution in [2.75, 3.05) is 13.1 Å². The Morgan fingerprint density at radius 2 is 1.82 bits per heavy atom. The van der Waals surface area contributed by atoms with Crippen LogP contribution in [-0.2, 0) is 16.1 Å². The maximum Gasteiger partial charge on any atom is 0.410 e. The van der Waals surface area contributed by atoms with Gasteiger partial charge in [-0.3, -0.25) is 0 Å². The van der Waals surface area contributed by atoms with Gasteiger partial charge in [0.15, 0.2) is 0 Å². The van der Waals surface area contributed by atoms with Crippen LogP contribution in [0.1, 0.15) is 50.5 Å². The molecule has 1 saturated carbocycles. The minimum atomic E-state index is -0.390. The lowest BCUT2D eigenvalue weighted by molar-refractivity contribution is -0.0960. The van der Waals surface area contributed by atoms with Gasteiger partial charge in [-0.1, -0.05) is 30.3 Å². The zero-order valence-electron chi connectivity index (χ0n) is 16.2. The number of carbonyl (C=O) groups excluding carboxylic acids is 2. The summed E-state index contributed by atoms with van der Waals surface area (Å²) in [6, 6.07) is 9.99. The summed E-state index contributed by atoms with van der Waals surface area (Å²) in [5.41, 5.74) is 0.604. The van der Waals surface area contributed by atoms with Gasteiger partial charge in [0.2, 0.25) is 0 Å². The molecule has 1 spiro atoms. The molecule has 28 heavy (non-hydrogen) atoms. The highest BCUT2D eigenvalue weighted by atomic mass is 16.6. The lowest BCUT2D eigenvalue weighted by Crippen LogP contribution is -2.59. The molecule has 3 atom stereocenters. The number of carbonyl (C=O) groups is 2. The maximum atomic E-state index is 12.7. The summed E-state index contributed by atoms with van der Waals surface area (Å²) in [6.07, 6.45) is 6.39. The predicted molar refractivity (Wildman–Crippen MR) is 103 cm³/mol. The summed E-state index contributed by atoms with van der Waals surface area (Å²) in [5.74, 6) is 0.680. The Morgan fingerprint density at radius 1 is 1.11 bits per heavy atom. The molecule has 150 valence electrons. The van der Waals surface area contributed by atoms with E-state index < -0.39 is 0 Å². The molecule has 0 N–H and O–H groups in total. The van der Waals surface area contributed by atoms with Crippen molar-refractivity contribution in [1.29, 1.82) is 0 Å². The third-order valence-corrected chi connectivity index (χ3v) is 6.83. The highest BCUT2D eigenvalue weighted by molar-refractivity contribution is 5.71. The lowest BCUT2D eigenvalue weighted by atomic mass is 9.82. The first-order valence-corrected chi connectivity index (χ1v) is 10.6. The molecule has 6 nitrogen and oxygen atoms in total. The third-order valence-electron chi connectivity index (χ3n) is 6.83. The van der Waals surface area contributed by atoms with E-state index in [0.717, 1.165) is 50.8 Å². The SMILES string of the molecule is O=C1OC2(CCN1CC1CC1)C[C@H]1CC[C@@H](C2)N1C(=O)OCc1ccccc1. The summed E-state index contributed by atoms with van der Waals surface area (Å²) < 4.78 is 11.6. The average molecular weight is 384 g/mol. The Labute approximate surface area is 165 Å². The number of fused-ring (bicyclic) bond motifs is 2. The predicted octanol–water partition coefficient (Wildman–Crippen LogP) is 3.94. The van der Waals surface area contributed by atoms with Crippen molar-refractivity contribution < 1.29 is 19.1 Å². The van der Waals surface area contributed by atoms with Crippen LogP contribution in [0.15, 0.2) is 30.3 Å². The standard InChI is InChI=1S/C22H28N2O4/c25-20-23(14-16-6-7-16)11-10-22(28-20)12-18-8-9-19(13-22)24(18)21(26)27-15-17-4-2-1-3-5-17/h1-5,16,18-19H,6-15H2/t18-,19+,22?. The number of amides is 2. The molecule has 2 bridgehead atoms. The van der Waals surface area contributed by atoms with E-state index in [1.54, 1.807) is 0 Å². The van der Waals surface area contributed by atoms with Gasteiger partial charge in [0.05, 0.1) is 0 Å². The molecule has 4 fully saturated rings. The number of ether oxygens (including phenoxy) is 2. The van der Waals surface area contributed by atoms with Crippen LogP contribution in [0.3, 0.4) is 0 Å². The van der Waals surface area contributed by atoms with Crippen molar-refractivity contribution in [2.24, 2.45) is 5.92 Å². The third kappa shape index (κ3) is 3.45. The molecular formula is C22H28N2O4. The summed E-state index contributed by atoms with van der Waals surface area (Å²) in [6.45, 7) is 1.93. The molecular weight excluding hydrogens is 356 g/mol. The Morgan fingerprint density at radius 3 is 2.46 bits per heavy atom.